The van der Waals surface area contributed by atoms with Gasteiger partial charge in [-0.3, -0.25) is 0 Å². The molecular weight excluding hydrogens is 740 g/mol. The molecule has 56 heavy (non-hydrogen) atoms. The zero-order valence-corrected chi connectivity index (χ0v) is 32.3. The number of nitrogens with zero attached hydrogens (tertiary/aromatic N) is 7. The summed E-state index contributed by atoms with van der Waals surface area (Å²) in [7, 11) is -0.796. The maximum Gasteiger partial charge on any atom is 0.285 e. The summed E-state index contributed by atoms with van der Waals surface area (Å²) in [6.07, 6.45) is 1.77. The lowest BCUT2D eigenvalue weighted by atomic mass is 9.77. The lowest BCUT2D eigenvalue weighted by Crippen LogP contribution is -2.42. The second-order valence-corrected chi connectivity index (χ2v) is 14.9. The number of hydrogen-bond acceptors (Lipinski definition) is 6. The fraction of sp³-hybridized carbons (Fsp3) is 0.114. The summed E-state index contributed by atoms with van der Waals surface area (Å²) >= 11 is 6.00. The van der Waals surface area contributed by atoms with Gasteiger partial charge in [0.25, 0.3) is 10.0 Å². The van der Waals surface area contributed by atoms with Crippen molar-refractivity contribution in [1.82, 2.24) is 15.4 Å². The molecule has 6 aromatic rings. The summed E-state index contributed by atoms with van der Waals surface area (Å²) in [5, 5.41) is 25.4. The van der Waals surface area contributed by atoms with Crippen LogP contribution in [0.5, 0.6) is 0 Å². The number of benzene rings is 6. The molecule has 0 spiro atoms. The van der Waals surface area contributed by atoms with Crippen LogP contribution in [-0.2, 0) is 15.6 Å². The molecule has 280 valence electrons. The second kappa shape index (κ2) is 16.9. The topological polar surface area (TPSA) is 114 Å². The molecule has 0 radical (unpaired) electrons. The van der Waals surface area contributed by atoms with Gasteiger partial charge in [-0.25, -0.2) is 5.01 Å². The minimum atomic E-state index is -4.05. The van der Waals surface area contributed by atoms with Gasteiger partial charge < -0.3 is 5.32 Å². The molecule has 0 saturated heterocycles. The van der Waals surface area contributed by atoms with E-state index in [0.29, 0.717) is 11.6 Å². The van der Waals surface area contributed by atoms with Crippen molar-refractivity contribution in [3.63, 3.8) is 0 Å². The van der Waals surface area contributed by atoms with Crippen LogP contribution in [0.4, 0.5) is 0 Å². The molecule has 12 heteroatoms. The van der Waals surface area contributed by atoms with Gasteiger partial charge >= 0.3 is 0 Å². The maximum atomic E-state index is 13.3. The molecular formula is C44H39ClN8O2S. The first kappa shape index (κ1) is 37.9. The van der Waals surface area contributed by atoms with Crippen molar-refractivity contribution in [3.05, 3.63) is 208 Å². The van der Waals surface area contributed by atoms with Gasteiger partial charge in [-0.1, -0.05) is 162 Å². The van der Waals surface area contributed by atoms with Crippen molar-refractivity contribution < 1.29 is 8.42 Å². The van der Waals surface area contributed by atoms with Gasteiger partial charge in [0.2, 0.25) is 5.96 Å². The largest absolute Gasteiger partial charge is 0.357 e. The number of rotatable bonds is 11. The lowest BCUT2D eigenvalue weighted by Gasteiger charge is -2.39. The average Bonchev–Trinajstić information content (AvgIpc) is 3.70. The molecule has 0 bridgehead atoms. The quantitative estimate of drug-likeness (QED) is 0.0465. The maximum absolute atomic E-state index is 13.3. The minimum absolute atomic E-state index is 0.0300. The molecule has 0 aliphatic carbocycles. The number of halogens is 1. The van der Waals surface area contributed by atoms with Crippen molar-refractivity contribution in [1.29, 1.82) is 0 Å². The SMILES string of the molecule is C/N=N\N(/N=C/c1ccc(C2=NN(/C(=N/S(=O)(=O)c3ccc(Cl)cc3)NC)CC2c2ccccc2)cc1)C(c1ccccc1)(c1ccccc1)c1ccccc1. The summed E-state index contributed by atoms with van der Waals surface area (Å²) in [5.41, 5.74) is 5.46. The number of hydrazone groups is 2. The summed E-state index contributed by atoms with van der Waals surface area (Å²) in [6, 6.07) is 54.4. The minimum Gasteiger partial charge on any atom is -0.357 e. The van der Waals surface area contributed by atoms with Crippen LogP contribution in [0.25, 0.3) is 0 Å². The molecule has 1 atom stereocenters. The molecule has 1 N–H and O–H groups in total. The molecule has 6 aromatic carbocycles. The molecule has 10 nitrogen and oxygen atoms in total. The van der Waals surface area contributed by atoms with Crippen molar-refractivity contribution in [3.8, 4) is 0 Å². The monoisotopic (exact) mass is 778 g/mol. The Hall–Kier alpha value is -6.43. The number of nitrogens with one attached hydrogen (secondary N) is 1. The molecule has 1 unspecified atom stereocenters. The van der Waals surface area contributed by atoms with Crippen molar-refractivity contribution in [2.24, 2.45) is 24.9 Å². The number of hydrogen-bond donors (Lipinski definition) is 1. The first-order valence-corrected chi connectivity index (χ1v) is 19.8. The highest BCUT2D eigenvalue weighted by molar-refractivity contribution is 7.90. The molecule has 1 heterocycles. The van der Waals surface area contributed by atoms with Gasteiger partial charge in [-0.15, -0.1) is 9.52 Å². The Morgan fingerprint density at radius 3 is 1.79 bits per heavy atom. The zero-order chi connectivity index (χ0) is 39.0. The Morgan fingerprint density at radius 1 is 0.768 bits per heavy atom. The standard InChI is InChI=1S/C44H39ClN8O2S/c1-46-43(50-56(54,55)40-29-27-39(45)28-30-40)52-32-41(34-15-7-3-8-16-34)42(49-52)35-25-23-33(24-26-35)31-48-53(51-47-2)44(36-17-9-4-10-18-36,37-19-11-5-12-20-37)38-21-13-6-14-22-38/h3-31,41H,32H2,1-2H3,(H,46,50)/b48-31+,51-47-. The Labute approximate surface area is 332 Å². The van der Waals surface area contributed by atoms with E-state index in [4.69, 9.17) is 21.8 Å². The molecule has 1 aliphatic heterocycles. The first-order chi connectivity index (χ1) is 27.3. The van der Waals surface area contributed by atoms with Crippen molar-refractivity contribution in [2.75, 3.05) is 20.6 Å². The zero-order valence-electron chi connectivity index (χ0n) is 30.8. The van der Waals surface area contributed by atoms with Crippen LogP contribution in [0, 0.1) is 0 Å². The van der Waals surface area contributed by atoms with Crippen LogP contribution in [0.3, 0.4) is 0 Å². The van der Waals surface area contributed by atoms with Crippen molar-refractivity contribution >= 4 is 39.5 Å². The molecule has 1 aliphatic rings. The molecule has 0 saturated carbocycles. The van der Waals surface area contributed by atoms with E-state index < -0.39 is 15.6 Å². The van der Waals surface area contributed by atoms with E-state index in [1.807, 2.05) is 109 Å². The fourth-order valence-electron chi connectivity index (χ4n) is 6.84. The number of guanidine groups is 1. The molecule has 0 fully saturated rings. The highest BCUT2D eigenvalue weighted by Crippen LogP contribution is 2.43. The predicted molar refractivity (Wildman–Crippen MR) is 223 cm³/mol. The van der Waals surface area contributed by atoms with Gasteiger partial charge in [-0.2, -0.15) is 23.7 Å². The fourth-order valence-corrected chi connectivity index (χ4v) is 7.97. The van der Waals surface area contributed by atoms with E-state index in [1.165, 1.54) is 24.3 Å². The van der Waals surface area contributed by atoms with Crippen LogP contribution < -0.4 is 5.32 Å². The van der Waals surface area contributed by atoms with Crippen LogP contribution >= 0.6 is 11.6 Å². The van der Waals surface area contributed by atoms with E-state index in [9.17, 15) is 8.42 Å². The highest BCUT2D eigenvalue weighted by atomic mass is 35.5. The van der Waals surface area contributed by atoms with Crippen molar-refractivity contribution in [2.45, 2.75) is 16.4 Å². The van der Waals surface area contributed by atoms with Crippen LogP contribution in [0.2, 0.25) is 5.02 Å². The second-order valence-electron chi connectivity index (χ2n) is 12.9. The van der Waals surface area contributed by atoms with E-state index in [1.54, 1.807) is 30.4 Å². The predicted octanol–water partition coefficient (Wildman–Crippen LogP) is 8.73. The third-order valence-corrected chi connectivity index (χ3v) is 11.0. The number of sulfonamides is 1. The van der Waals surface area contributed by atoms with Gasteiger partial charge in [0.05, 0.1) is 30.4 Å². The van der Waals surface area contributed by atoms with Gasteiger partial charge in [0.15, 0.2) is 5.54 Å². The highest BCUT2D eigenvalue weighted by Gasteiger charge is 2.43. The van der Waals surface area contributed by atoms with Crippen LogP contribution in [-0.4, -0.2) is 57.1 Å². The Bertz CT molecular complexity index is 2370. The summed E-state index contributed by atoms with van der Waals surface area (Å²) in [5.74, 6) is -0.0697. The molecule has 0 amide bonds. The smallest absolute Gasteiger partial charge is 0.285 e. The lowest BCUT2D eigenvalue weighted by molar-refractivity contribution is 0.157. The third-order valence-electron chi connectivity index (χ3n) is 9.47. The average molecular weight is 779 g/mol. The summed E-state index contributed by atoms with van der Waals surface area (Å²) in [6.45, 7) is 0.371. The third kappa shape index (κ3) is 7.86. The normalized spacial score (nSPS) is 15.0. The van der Waals surface area contributed by atoms with E-state index in [-0.39, 0.29) is 16.8 Å². The van der Waals surface area contributed by atoms with E-state index >= 15 is 0 Å². The van der Waals surface area contributed by atoms with E-state index in [0.717, 1.165) is 39.1 Å². The van der Waals surface area contributed by atoms with Crippen LogP contribution in [0.15, 0.2) is 200 Å². The van der Waals surface area contributed by atoms with Gasteiger partial charge in [0.1, 0.15) is 0 Å². The Morgan fingerprint density at radius 2 is 1.29 bits per heavy atom. The molecule has 0 aromatic heterocycles. The Balaban J connectivity index is 1.25. The Kier molecular flexibility index (Phi) is 11.4. The first-order valence-electron chi connectivity index (χ1n) is 17.9. The van der Waals surface area contributed by atoms with Gasteiger partial charge in [0, 0.05) is 18.0 Å². The molecule has 7 rings (SSSR count). The summed E-state index contributed by atoms with van der Waals surface area (Å²) < 4.78 is 30.7. The van der Waals surface area contributed by atoms with E-state index in [2.05, 4.69) is 56.5 Å². The van der Waals surface area contributed by atoms with Crippen LogP contribution in [0.1, 0.15) is 39.3 Å². The van der Waals surface area contributed by atoms with Gasteiger partial charge in [-0.05, 0) is 57.6 Å². The summed E-state index contributed by atoms with van der Waals surface area (Å²) in [4.78, 5) is 0.0300.